The first kappa shape index (κ1) is 12.4. The fourth-order valence-corrected chi connectivity index (χ4v) is 3.54. The zero-order chi connectivity index (χ0) is 12.0. The van der Waals surface area contributed by atoms with Crippen molar-refractivity contribution in [3.8, 4) is 0 Å². The van der Waals surface area contributed by atoms with Crippen LogP contribution in [0.15, 0.2) is 0 Å². The minimum absolute atomic E-state index is 0.503. The van der Waals surface area contributed by atoms with E-state index in [0.29, 0.717) is 16.9 Å². The fraction of sp³-hybridized carbons (Fsp3) is 1.00. The van der Waals surface area contributed by atoms with Crippen molar-refractivity contribution in [2.24, 2.45) is 10.8 Å². The second-order valence-electron chi connectivity index (χ2n) is 6.88. The molecule has 2 aliphatic rings. The highest BCUT2D eigenvalue weighted by Crippen LogP contribution is 2.65. The predicted octanol–water partition coefficient (Wildman–Crippen LogP) is 2.49. The van der Waals surface area contributed by atoms with E-state index in [2.05, 4.69) is 44.8 Å². The molecule has 1 atom stereocenters. The molecule has 1 saturated heterocycles. The first-order valence-corrected chi connectivity index (χ1v) is 6.85. The van der Waals surface area contributed by atoms with Crippen LogP contribution in [-0.2, 0) is 0 Å². The van der Waals surface area contributed by atoms with E-state index in [9.17, 15) is 0 Å². The monoisotopic (exact) mass is 224 g/mol. The van der Waals surface area contributed by atoms with Gasteiger partial charge in [0.15, 0.2) is 0 Å². The Kier molecular flexibility index (Phi) is 3.09. The van der Waals surface area contributed by atoms with Gasteiger partial charge in [0.25, 0.3) is 0 Å². The van der Waals surface area contributed by atoms with Gasteiger partial charge in [0.2, 0.25) is 0 Å². The van der Waals surface area contributed by atoms with Gasteiger partial charge in [-0.15, -0.1) is 0 Å². The van der Waals surface area contributed by atoms with Gasteiger partial charge < -0.3 is 5.32 Å². The van der Waals surface area contributed by atoms with Gasteiger partial charge in [0, 0.05) is 12.1 Å². The Morgan fingerprint density at radius 2 is 1.69 bits per heavy atom. The van der Waals surface area contributed by atoms with Crippen LogP contribution in [0.3, 0.4) is 0 Å². The number of rotatable bonds is 1. The van der Waals surface area contributed by atoms with Gasteiger partial charge in [0.1, 0.15) is 0 Å². The van der Waals surface area contributed by atoms with E-state index in [1.54, 1.807) is 0 Å². The van der Waals surface area contributed by atoms with Crippen molar-refractivity contribution in [1.82, 2.24) is 10.2 Å². The molecule has 0 bridgehead atoms. The molecule has 0 spiro atoms. The van der Waals surface area contributed by atoms with Crippen LogP contribution in [0.1, 0.15) is 47.5 Å². The first-order valence-electron chi connectivity index (χ1n) is 6.85. The Bertz CT molecular complexity index is 243. The summed E-state index contributed by atoms with van der Waals surface area (Å²) in [5, 5.41) is 3.58. The summed E-state index contributed by atoms with van der Waals surface area (Å²) in [6, 6.07) is 1.48. The van der Waals surface area contributed by atoms with Crippen molar-refractivity contribution in [1.29, 1.82) is 0 Å². The molecule has 0 aromatic rings. The highest BCUT2D eigenvalue weighted by atomic mass is 15.2. The molecule has 0 aromatic heterocycles. The lowest BCUT2D eigenvalue weighted by Gasteiger charge is -2.29. The molecule has 16 heavy (non-hydrogen) atoms. The van der Waals surface area contributed by atoms with Crippen molar-refractivity contribution < 1.29 is 0 Å². The molecule has 94 valence electrons. The maximum absolute atomic E-state index is 3.58. The first-order chi connectivity index (χ1) is 7.37. The van der Waals surface area contributed by atoms with Gasteiger partial charge in [-0.3, -0.25) is 4.90 Å². The third-order valence-corrected chi connectivity index (χ3v) is 5.27. The summed E-state index contributed by atoms with van der Waals surface area (Å²) in [6.45, 7) is 15.8. The van der Waals surface area contributed by atoms with E-state index >= 15 is 0 Å². The highest BCUT2D eigenvalue weighted by Gasteiger charge is 2.66. The SMILES string of the molecule is CC1CCN(C2C(C)(C)C2(C)C)CCCN1. The van der Waals surface area contributed by atoms with E-state index in [1.807, 2.05) is 0 Å². The molecule has 1 aliphatic heterocycles. The molecule has 2 rings (SSSR count). The van der Waals surface area contributed by atoms with Gasteiger partial charge >= 0.3 is 0 Å². The molecule has 1 aliphatic carbocycles. The summed E-state index contributed by atoms with van der Waals surface area (Å²) in [4.78, 5) is 2.75. The Balaban J connectivity index is 1.99. The van der Waals surface area contributed by atoms with E-state index in [1.165, 1.54) is 32.5 Å². The van der Waals surface area contributed by atoms with Crippen molar-refractivity contribution in [2.75, 3.05) is 19.6 Å². The average Bonchev–Trinajstić information content (AvgIpc) is 2.54. The molecule has 0 aromatic carbocycles. The maximum atomic E-state index is 3.58. The van der Waals surface area contributed by atoms with Gasteiger partial charge in [-0.05, 0) is 50.2 Å². The van der Waals surface area contributed by atoms with Crippen LogP contribution in [0.25, 0.3) is 0 Å². The molecule has 2 fully saturated rings. The molecule has 0 radical (unpaired) electrons. The second-order valence-corrected chi connectivity index (χ2v) is 6.88. The quantitative estimate of drug-likeness (QED) is 0.736. The Morgan fingerprint density at radius 3 is 2.25 bits per heavy atom. The van der Waals surface area contributed by atoms with E-state index in [0.717, 1.165) is 6.04 Å². The van der Waals surface area contributed by atoms with Gasteiger partial charge in [-0.2, -0.15) is 0 Å². The lowest BCUT2D eigenvalue weighted by atomic mass is 10.0. The summed E-state index contributed by atoms with van der Waals surface area (Å²) in [5.74, 6) is 0. The molecular weight excluding hydrogens is 196 g/mol. The highest BCUT2D eigenvalue weighted by molar-refractivity contribution is 5.18. The van der Waals surface area contributed by atoms with Crippen LogP contribution < -0.4 is 5.32 Å². The largest absolute Gasteiger partial charge is 0.314 e. The maximum Gasteiger partial charge on any atom is 0.0209 e. The van der Waals surface area contributed by atoms with Crippen molar-refractivity contribution in [2.45, 2.75) is 59.5 Å². The minimum Gasteiger partial charge on any atom is -0.314 e. The van der Waals surface area contributed by atoms with Gasteiger partial charge in [-0.1, -0.05) is 27.7 Å². The molecule has 0 amide bonds. The third kappa shape index (κ3) is 1.91. The predicted molar refractivity (Wildman–Crippen MR) is 69.6 cm³/mol. The molecule has 1 saturated carbocycles. The van der Waals surface area contributed by atoms with Crippen LogP contribution in [0.5, 0.6) is 0 Å². The summed E-state index contributed by atoms with van der Waals surface area (Å²) in [6.07, 6.45) is 2.59. The zero-order valence-corrected chi connectivity index (χ0v) is 11.6. The van der Waals surface area contributed by atoms with Gasteiger partial charge in [-0.25, -0.2) is 0 Å². The number of hydrogen-bond acceptors (Lipinski definition) is 2. The molecule has 1 unspecified atom stereocenters. The summed E-state index contributed by atoms with van der Waals surface area (Å²) in [5.41, 5.74) is 1.01. The number of nitrogens with one attached hydrogen (secondary N) is 1. The summed E-state index contributed by atoms with van der Waals surface area (Å²) in [7, 11) is 0. The van der Waals surface area contributed by atoms with Gasteiger partial charge in [0.05, 0.1) is 0 Å². The van der Waals surface area contributed by atoms with Crippen LogP contribution >= 0.6 is 0 Å². The smallest absolute Gasteiger partial charge is 0.0209 e. The molecule has 2 heteroatoms. The second kappa shape index (κ2) is 3.99. The average molecular weight is 224 g/mol. The van der Waals surface area contributed by atoms with Crippen LogP contribution in [0.2, 0.25) is 0 Å². The fourth-order valence-electron chi connectivity index (χ4n) is 3.54. The zero-order valence-electron chi connectivity index (χ0n) is 11.6. The molecule has 1 N–H and O–H groups in total. The van der Waals surface area contributed by atoms with E-state index in [-0.39, 0.29) is 0 Å². The third-order valence-electron chi connectivity index (χ3n) is 5.27. The Hall–Kier alpha value is -0.0800. The van der Waals surface area contributed by atoms with Crippen molar-refractivity contribution >= 4 is 0 Å². The normalized spacial score (nSPS) is 35.4. The molecular formula is C14H28N2. The summed E-state index contributed by atoms with van der Waals surface area (Å²) < 4.78 is 0. The summed E-state index contributed by atoms with van der Waals surface area (Å²) >= 11 is 0. The standard InChI is InChI=1S/C14H28N2/c1-11-7-10-16(9-6-8-15-11)12-13(2,3)14(12,4)5/h11-12,15H,6-10H2,1-5H3. The Morgan fingerprint density at radius 1 is 1.06 bits per heavy atom. The molecule has 2 nitrogen and oxygen atoms in total. The van der Waals surface area contributed by atoms with Crippen LogP contribution in [0, 0.1) is 10.8 Å². The van der Waals surface area contributed by atoms with Crippen LogP contribution in [0.4, 0.5) is 0 Å². The molecule has 1 heterocycles. The Labute approximate surface area is 101 Å². The number of nitrogens with zero attached hydrogens (tertiary/aromatic N) is 1. The van der Waals surface area contributed by atoms with Crippen LogP contribution in [-0.4, -0.2) is 36.6 Å². The lowest BCUT2D eigenvalue weighted by Crippen LogP contribution is -2.41. The minimum atomic E-state index is 0.503. The van der Waals surface area contributed by atoms with Crippen molar-refractivity contribution in [3.63, 3.8) is 0 Å². The number of hydrogen-bond donors (Lipinski definition) is 1. The van der Waals surface area contributed by atoms with Crippen molar-refractivity contribution in [3.05, 3.63) is 0 Å². The lowest BCUT2D eigenvalue weighted by molar-refractivity contribution is 0.198. The topological polar surface area (TPSA) is 15.3 Å². The van der Waals surface area contributed by atoms with E-state index in [4.69, 9.17) is 0 Å². The van der Waals surface area contributed by atoms with E-state index < -0.39 is 0 Å².